The molecule has 0 fully saturated rings. The van der Waals surface area contributed by atoms with Crippen molar-refractivity contribution in [3.63, 3.8) is 0 Å². The third kappa shape index (κ3) is 8.23. The Kier molecular flexibility index (Phi) is 9.88. The molecule has 11 heteroatoms. The van der Waals surface area contributed by atoms with Crippen molar-refractivity contribution >= 4 is 32.7 Å². The van der Waals surface area contributed by atoms with Crippen molar-refractivity contribution in [2.45, 2.75) is 32.3 Å². The summed E-state index contributed by atoms with van der Waals surface area (Å²) < 4.78 is 28.2. The van der Waals surface area contributed by atoms with Crippen LogP contribution in [0, 0.1) is 11.8 Å². The number of rotatable bonds is 11. The van der Waals surface area contributed by atoms with E-state index in [1.54, 1.807) is 36.4 Å². The summed E-state index contributed by atoms with van der Waals surface area (Å²) in [7, 11) is -3.68. The Bertz CT molecular complexity index is 1800. The molecule has 0 aliphatic carbocycles. The molecule has 4 aromatic rings. The Morgan fingerprint density at radius 1 is 1.05 bits per heavy atom. The number of para-hydroxylation sites is 1. The molecule has 1 heterocycles. The van der Waals surface area contributed by atoms with Gasteiger partial charge in [-0.05, 0) is 68.3 Å². The molecule has 0 bridgehead atoms. The van der Waals surface area contributed by atoms with Crippen LogP contribution in [0.15, 0.2) is 66.9 Å². The number of sulfonamides is 1. The second-order valence-corrected chi connectivity index (χ2v) is 12.1. The maximum absolute atomic E-state index is 12.6. The number of fused-ring (bicyclic) bond motifs is 1. The molecular formula is C32H34N4O6S. The molecule has 0 saturated heterocycles. The number of benzene rings is 3. The van der Waals surface area contributed by atoms with E-state index in [-0.39, 0.29) is 30.6 Å². The first-order valence-corrected chi connectivity index (χ1v) is 15.4. The van der Waals surface area contributed by atoms with Gasteiger partial charge >= 0.3 is 0 Å². The fraction of sp³-hybridized carbons (Fsp3) is 0.250. The zero-order valence-electron chi connectivity index (χ0n) is 23.9. The molecule has 224 valence electrons. The van der Waals surface area contributed by atoms with Crippen molar-refractivity contribution in [2.75, 3.05) is 18.9 Å². The molecule has 43 heavy (non-hydrogen) atoms. The number of hydrogen-bond acceptors (Lipinski definition) is 6. The van der Waals surface area contributed by atoms with Gasteiger partial charge in [0.1, 0.15) is 5.75 Å². The summed E-state index contributed by atoms with van der Waals surface area (Å²) in [6, 6.07) is 17.7. The van der Waals surface area contributed by atoms with Gasteiger partial charge in [-0.3, -0.25) is 9.59 Å². The lowest BCUT2D eigenvalue weighted by molar-refractivity contribution is 0.0954. The molecule has 3 aromatic carbocycles. The van der Waals surface area contributed by atoms with Crippen LogP contribution in [0.4, 0.5) is 0 Å². The van der Waals surface area contributed by atoms with Gasteiger partial charge in [-0.2, -0.15) is 0 Å². The van der Waals surface area contributed by atoms with E-state index in [9.17, 15) is 23.1 Å². The molecule has 0 aliphatic heterocycles. The molecule has 1 atom stereocenters. The van der Waals surface area contributed by atoms with E-state index < -0.39 is 27.8 Å². The maximum atomic E-state index is 12.6. The number of hydrogen-bond donors (Lipinski definition) is 5. The average Bonchev–Trinajstić information content (AvgIpc) is 3.37. The summed E-state index contributed by atoms with van der Waals surface area (Å²) in [5.41, 5.74) is 9.99. The van der Waals surface area contributed by atoms with Gasteiger partial charge in [0.25, 0.3) is 11.8 Å². The number of H-pyrrole nitrogens is 1. The minimum atomic E-state index is -3.68. The van der Waals surface area contributed by atoms with Crippen LogP contribution in [0.25, 0.3) is 10.9 Å². The van der Waals surface area contributed by atoms with Crippen molar-refractivity contribution in [2.24, 2.45) is 10.9 Å². The normalized spacial score (nSPS) is 12.0. The number of aliphatic hydroxyl groups excluding tert-OH is 1. The SMILES string of the molecule is CC(C)Oc1c(C(N)=O)cc(C#Cc2ccc(C(=O)NCCS(N)(=O)=O)cc2)cc1[C@H](CO)Cc1c[nH]c2ccccc12. The average molecular weight is 603 g/mol. The Hall–Kier alpha value is -4.63. The van der Waals surface area contributed by atoms with Crippen molar-refractivity contribution in [3.8, 4) is 17.6 Å². The van der Waals surface area contributed by atoms with Crippen molar-refractivity contribution < 1.29 is 27.9 Å². The largest absolute Gasteiger partial charge is 0.490 e. The first-order valence-electron chi connectivity index (χ1n) is 13.7. The van der Waals surface area contributed by atoms with E-state index in [0.717, 1.165) is 16.5 Å². The minimum Gasteiger partial charge on any atom is -0.490 e. The van der Waals surface area contributed by atoms with Crippen molar-refractivity contribution in [1.82, 2.24) is 10.3 Å². The highest BCUT2D eigenvalue weighted by Crippen LogP contribution is 2.35. The number of carbonyl (C=O) groups excluding carboxylic acids is 2. The molecule has 0 saturated carbocycles. The summed E-state index contributed by atoms with van der Waals surface area (Å²) >= 11 is 0. The number of nitrogens with two attached hydrogens (primary N) is 2. The molecule has 0 unspecified atom stereocenters. The van der Waals surface area contributed by atoms with Crippen LogP contribution in [0.3, 0.4) is 0 Å². The number of aliphatic hydroxyl groups is 1. The number of aromatic amines is 1. The molecule has 10 nitrogen and oxygen atoms in total. The van der Waals surface area contributed by atoms with Gasteiger partial charge < -0.3 is 25.9 Å². The van der Waals surface area contributed by atoms with E-state index in [2.05, 4.69) is 22.1 Å². The third-order valence-electron chi connectivity index (χ3n) is 6.71. The summed E-state index contributed by atoms with van der Waals surface area (Å²) in [6.07, 6.45) is 2.14. The Morgan fingerprint density at radius 2 is 1.74 bits per heavy atom. The van der Waals surface area contributed by atoms with Gasteiger partial charge in [-0.1, -0.05) is 30.0 Å². The number of carbonyl (C=O) groups is 2. The van der Waals surface area contributed by atoms with Gasteiger partial charge in [-0.15, -0.1) is 0 Å². The standard InChI is InChI=1S/C32H34N4O6S/c1-20(2)42-30-27(25(19-37)17-24-18-36-29-6-4-3-5-26(24)29)15-22(16-28(30)31(33)38)8-7-21-9-11-23(12-10-21)32(39)35-13-14-43(34,40)41/h3-6,9-12,15-16,18,20,25,36-37H,13-14,17,19H2,1-2H3,(H2,33,38)(H,35,39)(H2,34,40,41)/t25-/m0/s1. The smallest absolute Gasteiger partial charge is 0.252 e. The van der Waals surface area contributed by atoms with Crippen LogP contribution in [0.2, 0.25) is 0 Å². The Balaban J connectivity index is 1.65. The first-order chi connectivity index (χ1) is 20.4. The number of primary amides is 1. The molecular weight excluding hydrogens is 568 g/mol. The molecule has 4 rings (SSSR count). The molecule has 0 spiro atoms. The maximum Gasteiger partial charge on any atom is 0.252 e. The lowest BCUT2D eigenvalue weighted by atomic mass is 9.88. The topological polar surface area (TPSA) is 178 Å². The highest BCUT2D eigenvalue weighted by atomic mass is 32.2. The molecule has 1 aromatic heterocycles. The highest BCUT2D eigenvalue weighted by molar-refractivity contribution is 7.89. The second kappa shape index (κ2) is 13.6. The second-order valence-electron chi connectivity index (χ2n) is 10.4. The third-order valence-corrected chi connectivity index (χ3v) is 7.48. The molecule has 0 radical (unpaired) electrons. The quantitative estimate of drug-likeness (QED) is 0.165. The van der Waals surface area contributed by atoms with Crippen LogP contribution in [-0.4, -0.2) is 55.3 Å². The minimum absolute atomic E-state index is 0.102. The fourth-order valence-corrected chi connectivity index (χ4v) is 5.06. The van der Waals surface area contributed by atoms with E-state index in [1.807, 2.05) is 44.3 Å². The van der Waals surface area contributed by atoms with Crippen LogP contribution < -0.4 is 20.9 Å². The van der Waals surface area contributed by atoms with Crippen LogP contribution in [0.5, 0.6) is 5.75 Å². The van der Waals surface area contributed by atoms with Crippen LogP contribution >= 0.6 is 0 Å². The predicted molar refractivity (Wildman–Crippen MR) is 165 cm³/mol. The van der Waals surface area contributed by atoms with E-state index in [1.165, 1.54) is 0 Å². The zero-order chi connectivity index (χ0) is 31.1. The lowest BCUT2D eigenvalue weighted by Crippen LogP contribution is -2.31. The summed E-state index contributed by atoms with van der Waals surface area (Å²) in [5.74, 6) is 4.52. The highest BCUT2D eigenvalue weighted by Gasteiger charge is 2.24. The summed E-state index contributed by atoms with van der Waals surface area (Å²) in [6.45, 7) is 3.39. The number of primary sulfonamides is 1. The van der Waals surface area contributed by atoms with E-state index >= 15 is 0 Å². The van der Waals surface area contributed by atoms with Crippen molar-refractivity contribution in [3.05, 3.63) is 100 Å². The summed E-state index contributed by atoms with van der Waals surface area (Å²) in [5, 5.41) is 19.0. The fourth-order valence-electron chi connectivity index (χ4n) is 4.67. The van der Waals surface area contributed by atoms with Crippen molar-refractivity contribution in [1.29, 1.82) is 0 Å². The number of ether oxygens (including phenoxy) is 1. The van der Waals surface area contributed by atoms with E-state index in [0.29, 0.717) is 34.4 Å². The monoisotopic (exact) mass is 602 g/mol. The lowest BCUT2D eigenvalue weighted by Gasteiger charge is -2.23. The van der Waals surface area contributed by atoms with Gasteiger partial charge in [0, 0.05) is 51.8 Å². The van der Waals surface area contributed by atoms with Gasteiger partial charge in [-0.25, -0.2) is 13.6 Å². The molecule has 7 N–H and O–H groups in total. The molecule has 2 amide bonds. The Morgan fingerprint density at radius 3 is 2.40 bits per heavy atom. The molecule has 0 aliphatic rings. The predicted octanol–water partition coefficient (Wildman–Crippen LogP) is 2.79. The van der Waals surface area contributed by atoms with Crippen LogP contribution in [-0.2, 0) is 16.4 Å². The van der Waals surface area contributed by atoms with Gasteiger partial charge in [0.2, 0.25) is 10.0 Å². The first kappa shape index (κ1) is 31.3. The summed E-state index contributed by atoms with van der Waals surface area (Å²) in [4.78, 5) is 28.1. The van der Waals surface area contributed by atoms with Gasteiger partial charge in [0.15, 0.2) is 0 Å². The number of nitrogens with one attached hydrogen (secondary N) is 2. The zero-order valence-corrected chi connectivity index (χ0v) is 24.7. The Labute approximate surface area is 250 Å². The van der Waals surface area contributed by atoms with Gasteiger partial charge in [0.05, 0.1) is 24.0 Å². The van der Waals surface area contributed by atoms with E-state index in [4.69, 9.17) is 15.6 Å². The number of amides is 2. The van der Waals surface area contributed by atoms with Crippen LogP contribution in [0.1, 0.15) is 62.7 Å². The number of aromatic nitrogens is 1.